The van der Waals surface area contributed by atoms with Gasteiger partial charge in [0.1, 0.15) is 5.75 Å². The van der Waals surface area contributed by atoms with E-state index in [4.69, 9.17) is 10.5 Å². The molecule has 0 radical (unpaired) electrons. The third-order valence-electron chi connectivity index (χ3n) is 3.15. The molecule has 0 spiro atoms. The van der Waals surface area contributed by atoms with Gasteiger partial charge in [0.25, 0.3) is 10.0 Å². The number of methoxy groups -OCH3 is 1. The number of nitrogens with two attached hydrogens (primary N) is 1. The molecule has 5 nitrogen and oxygen atoms in total. The van der Waals surface area contributed by atoms with E-state index in [9.17, 15) is 8.42 Å². The fraction of sp³-hybridized carbons (Fsp3) is 0.200. The number of hydrogen-bond acceptors (Lipinski definition) is 4. The van der Waals surface area contributed by atoms with Crippen LogP contribution in [-0.4, -0.2) is 15.5 Å². The number of aryl methyl sites for hydroxylation is 2. The number of hydrogen-bond donors (Lipinski definition) is 2. The molecule has 0 fully saturated rings. The largest absolute Gasteiger partial charge is 0.495 e. The van der Waals surface area contributed by atoms with E-state index in [-0.39, 0.29) is 4.90 Å². The van der Waals surface area contributed by atoms with Crippen molar-refractivity contribution < 1.29 is 13.2 Å². The molecule has 0 aromatic heterocycles. The predicted molar refractivity (Wildman–Crippen MR) is 84.1 cm³/mol. The highest BCUT2D eigenvalue weighted by molar-refractivity contribution is 7.92. The zero-order valence-corrected chi connectivity index (χ0v) is 13.0. The molecule has 2 aromatic carbocycles. The van der Waals surface area contributed by atoms with Crippen molar-refractivity contribution in [3.63, 3.8) is 0 Å². The lowest BCUT2D eigenvalue weighted by atomic mass is 10.2. The lowest BCUT2D eigenvalue weighted by Crippen LogP contribution is -2.14. The van der Waals surface area contributed by atoms with Crippen LogP contribution < -0.4 is 15.2 Å². The summed E-state index contributed by atoms with van der Waals surface area (Å²) in [7, 11) is -2.19. The summed E-state index contributed by atoms with van der Waals surface area (Å²) in [6.45, 7) is 3.65. The summed E-state index contributed by atoms with van der Waals surface area (Å²) in [6.07, 6.45) is 0. The van der Waals surface area contributed by atoms with Crippen molar-refractivity contribution in [3.05, 3.63) is 47.5 Å². The first-order valence-corrected chi connectivity index (χ1v) is 7.85. The summed E-state index contributed by atoms with van der Waals surface area (Å²) >= 11 is 0. The van der Waals surface area contributed by atoms with Gasteiger partial charge in [0.2, 0.25) is 0 Å². The average molecular weight is 306 g/mol. The highest BCUT2D eigenvalue weighted by atomic mass is 32.2. The van der Waals surface area contributed by atoms with Crippen LogP contribution in [0, 0.1) is 13.8 Å². The van der Waals surface area contributed by atoms with Gasteiger partial charge >= 0.3 is 0 Å². The van der Waals surface area contributed by atoms with Gasteiger partial charge in [-0.2, -0.15) is 0 Å². The van der Waals surface area contributed by atoms with Crippen LogP contribution in [0.1, 0.15) is 11.1 Å². The van der Waals surface area contributed by atoms with Gasteiger partial charge in [-0.15, -0.1) is 0 Å². The molecule has 0 saturated carbocycles. The number of benzene rings is 2. The summed E-state index contributed by atoms with van der Waals surface area (Å²) in [5.41, 5.74) is 8.33. The van der Waals surface area contributed by atoms with E-state index in [1.54, 1.807) is 31.2 Å². The molecule has 0 aliphatic rings. The normalized spacial score (nSPS) is 11.2. The molecule has 2 aromatic rings. The minimum absolute atomic E-state index is 0.165. The Hall–Kier alpha value is -2.21. The van der Waals surface area contributed by atoms with E-state index in [0.29, 0.717) is 22.7 Å². The van der Waals surface area contributed by atoms with Crippen LogP contribution in [0.25, 0.3) is 0 Å². The molecule has 6 heteroatoms. The first-order chi connectivity index (χ1) is 9.83. The minimum atomic E-state index is -3.69. The molecule has 0 saturated heterocycles. The van der Waals surface area contributed by atoms with Crippen molar-refractivity contribution in [3.8, 4) is 5.75 Å². The van der Waals surface area contributed by atoms with E-state index < -0.39 is 10.0 Å². The monoisotopic (exact) mass is 306 g/mol. The van der Waals surface area contributed by atoms with Crippen LogP contribution in [0.3, 0.4) is 0 Å². The van der Waals surface area contributed by atoms with Crippen LogP contribution in [0.4, 0.5) is 11.4 Å². The molecule has 3 N–H and O–H groups in total. The van der Waals surface area contributed by atoms with E-state index >= 15 is 0 Å². The second-order valence-electron chi connectivity index (χ2n) is 4.83. The maximum atomic E-state index is 12.4. The summed E-state index contributed by atoms with van der Waals surface area (Å²) in [5.74, 6) is 0.469. The van der Waals surface area contributed by atoms with E-state index in [1.807, 2.05) is 13.0 Å². The summed E-state index contributed by atoms with van der Waals surface area (Å²) < 4.78 is 32.6. The Balaban J connectivity index is 2.41. The zero-order valence-electron chi connectivity index (χ0n) is 12.2. The first kappa shape index (κ1) is 15.2. The van der Waals surface area contributed by atoms with Crippen molar-refractivity contribution in [2.75, 3.05) is 17.6 Å². The number of rotatable bonds is 4. The number of sulfonamides is 1. The molecular formula is C15H18N2O3S. The molecule has 0 atom stereocenters. The SMILES string of the molecule is COc1ccc(C)cc1NS(=O)(=O)c1ccc(N)c(C)c1. The van der Waals surface area contributed by atoms with Crippen molar-refractivity contribution in [2.24, 2.45) is 0 Å². The number of ether oxygens (including phenoxy) is 1. The van der Waals surface area contributed by atoms with E-state index in [2.05, 4.69) is 4.72 Å². The average Bonchev–Trinajstić information content (AvgIpc) is 2.41. The summed E-state index contributed by atoms with van der Waals surface area (Å²) in [5, 5.41) is 0. The molecule has 21 heavy (non-hydrogen) atoms. The lowest BCUT2D eigenvalue weighted by Gasteiger charge is -2.13. The fourth-order valence-corrected chi connectivity index (χ4v) is 3.07. The summed E-state index contributed by atoms with van der Waals surface area (Å²) in [6, 6.07) is 9.90. The molecule has 0 aliphatic heterocycles. The van der Waals surface area contributed by atoms with Gasteiger partial charge in [-0.05, 0) is 55.3 Å². The van der Waals surface area contributed by atoms with Crippen LogP contribution in [-0.2, 0) is 10.0 Å². The van der Waals surface area contributed by atoms with Crippen molar-refractivity contribution >= 4 is 21.4 Å². The second kappa shape index (κ2) is 5.65. The van der Waals surface area contributed by atoms with E-state index in [0.717, 1.165) is 5.56 Å². The third-order valence-corrected chi connectivity index (χ3v) is 4.51. The van der Waals surface area contributed by atoms with Crippen molar-refractivity contribution in [1.29, 1.82) is 0 Å². The van der Waals surface area contributed by atoms with Crippen molar-refractivity contribution in [2.45, 2.75) is 18.7 Å². The Kier molecular flexibility index (Phi) is 4.09. The van der Waals surface area contributed by atoms with Crippen molar-refractivity contribution in [1.82, 2.24) is 0 Å². The standard InChI is InChI=1S/C15H18N2O3S/c1-10-4-7-15(20-3)14(8-10)17-21(18,19)12-5-6-13(16)11(2)9-12/h4-9,17H,16H2,1-3H3. The fourth-order valence-electron chi connectivity index (χ4n) is 1.92. The zero-order chi connectivity index (χ0) is 15.6. The van der Waals surface area contributed by atoms with Crippen LogP contribution in [0.2, 0.25) is 0 Å². The molecule has 0 aliphatic carbocycles. The Labute approximate surface area is 124 Å². The Bertz CT molecular complexity index is 770. The topological polar surface area (TPSA) is 81.4 Å². The van der Waals surface area contributed by atoms with Gasteiger partial charge < -0.3 is 10.5 Å². The molecule has 0 amide bonds. The predicted octanol–water partition coefficient (Wildman–Crippen LogP) is 2.70. The molecule has 112 valence electrons. The minimum Gasteiger partial charge on any atom is -0.495 e. The third kappa shape index (κ3) is 3.28. The Morgan fingerprint density at radius 3 is 2.43 bits per heavy atom. The van der Waals surface area contributed by atoms with Crippen LogP contribution >= 0.6 is 0 Å². The quantitative estimate of drug-likeness (QED) is 0.851. The van der Waals surface area contributed by atoms with Gasteiger partial charge in [0.05, 0.1) is 17.7 Å². The lowest BCUT2D eigenvalue weighted by molar-refractivity contribution is 0.417. The number of anilines is 2. The highest BCUT2D eigenvalue weighted by Gasteiger charge is 2.17. The van der Waals surface area contributed by atoms with Gasteiger partial charge in [-0.3, -0.25) is 4.72 Å². The number of nitrogen functional groups attached to an aromatic ring is 1. The first-order valence-electron chi connectivity index (χ1n) is 6.37. The highest BCUT2D eigenvalue weighted by Crippen LogP contribution is 2.28. The van der Waals surface area contributed by atoms with Crippen LogP contribution in [0.5, 0.6) is 5.75 Å². The number of nitrogens with one attached hydrogen (secondary N) is 1. The molecule has 0 bridgehead atoms. The molecular weight excluding hydrogens is 288 g/mol. The van der Waals surface area contributed by atoms with Crippen LogP contribution in [0.15, 0.2) is 41.3 Å². The maximum Gasteiger partial charge on any atom is 0.262 e. The van der Waals surface area contributed by atoms with Gasteiger partial charge in [0, 0.05) is 5.69 Å². The smallest absolute Gasteiger partial charge is 0.262 e. The second-order valence-corrected chi connectivity index (χ2v) is 6.51. The molecule has 0 heterocycles. The Morgan fingerprint density at radius 1 is 1.10 bits per heavy atom. The van der Waals surface area contributed by atoms with Gasteiger partial charge in [-0.1, -0.05) is 6.07 Å². The Morgan fingerprint density at radius 2 is 1.81 bits per heavy atom. The molecule has 2 rings (SSSR count). The van der Waals surface area contributed by atoms with Gasteiger partial charge in [-0.25, -0.2) is 8.42 Å². The van der Waals surface area contributed by atoms with Gasteiger partial charge in [0.15, 0.2) is 0 Å². The molecule has 0 unspecified atom stereocenters. The maximum absolute atomic E-state index is 12.4. The van der Waals surface area contributed by atoms with E-state index in [1.165, 1.54) is 13.2 Å². The summed E-state index contributed by atoms with van der Waals surface area (Å²) in [4.78, 5) is 0.165.